The van der Waals surface area contributed by atoms with Crippen LogP contribution < -0.4 is 0 Å². The molecule has 17 heavy (non-hydrogen) atoms. The molecular weight excluding hydrogens is 252 g/mol. The molecule has 7 nitrogen and oxygen atoms in total. The normalized spacial score (nSPS) is 13.5. The van der Waals surface area contributed by atoms with E-state index in [1.807, 2.05) is 0 Å². The molecule has 0 heterocycles. The Morgan fingerprint density at radius 1 is 1.24 bits per heavy atom. The minimum atomic E-state index is -3.43. The van der Waals surface area contributed by atoms with Gasteiger partial charge in [0, 0.05) is 0 Å². The molecule has 0 aromatic rings. The maximum Gasteiger partial charge on any atom is 0.332 e. The van der Waals surface area contributed by atoms with Crippen LogP contribution in [-0.2, 0) is 28.6 Å². The second kappa shape index (κ2) is 8.40. The van der Waals surface area contributed by atoms with Gasteiger partial charge in [0.05, 0.1) is 32.7 Å². The SMILES string of the molecule is CCC(OCCOCCOS(C)(=O)=O)C(=O)O. The van der Waals surface area contributed by atoms with E-state index in [1.54, 1.807) is 6.92 Å². The first-order valence-electron chi connectivity index (χ1n) is 5.13. The van der Waals surface area contributed by atoms with Gasteiger partial charge in [-0.25, -0.2) is 4.79 Å². The lowest BCUT2D eigenvalue weighted by Gasteiger charge is -2.11. The fraction of sp³-hybridized carbons (Fsp3) is 0.889. The van der Waals surface area contributed by atoms with Gasteiger partial charge in [0.1, 0.15) is 0 Å². The summed E-state index contributed by atoms with van der Waals surface area (Å²) >= 11 is 0. The van der Waals surface area contributed by atoms with Crippen LogP contribution in [0.5, 0.6) is 0 Å². The van der Waals surface area contributed by atoms with Gasteiger partial charge in [-0.3, -0.25) is 4.18 Å². The van der Waals surface area contributed by atoms with Crippen molar-refractivity contribution in [2.75, 3.05) is 32.7 Å². The Balaban J connectivity index is 3.44. The van der Waals surface area contributed by atoms with Crippen LogP contribution in [-0.4, -0.2) is 58.3 Å². The van der Waals surface area contributed by atoms with Crippen LogP contribution >= 0.6 is 0 Å². The van der Waals surface area contributed by atoms with Gasteiger partial charge in [0.15, 0.2) is 6.10 Å². The summed E-state index contributed by atoms with van der Waals surface area (Å²) < 4.78 is 35.6. The number of hydrogen-bond donors (Lipinski definition) is 1. The highest BCUT2D eigenvalue weighted by Gasteiger charge is 2.14. The van der Waals surface area contributed by atoms with Crippen LogP contribution in [0.2, 0.25) is 0 Å². The second-order valence-corrected chi connectivity index (χ2v) is 4.89. The summed E-state index contributed by atoms with van der Waals surface area (Å²) in [5, 5.41) is 8.65. The van der Waals surface area contributed by atoms with E-state index in [0.29, 0.717) is 6.42 Å². The maximum atomic E-state index is 10.6. The maximum absolute atomic E-state index is 10.6. The standard InChI is InChI=1S/C9H18O7S/c1-3-8(9(10)11)15-6-4-14-5-7-16-17(2,12)13/h8H,3-7H2,1-2H3,(H,10,11). The van der Waals surface area contributed by atoms with Crippen LogP contribution in [0.15, 0.2) is 0 Å². The largest absolute Gasteiger partial charge is 0.479 e. The van der Waals surface area contributed by atoms with E-state index in [-0.39, 0.29) is 26.4 Å². The van der Waals surface area contributed by atoms with Gasteiger partial charge >= 0.3 is 5.97 Å². The Labute approximate surface area is 101 Å². The highest BCUT2D eigenvalue weighted by atomic mass is 32.2. The molecule has 0 radical (unpaired) electrons. The van der Waals surface area contributed by atoms with Crippen molar-refractivity contribution in [3.8, 4) is 0 Å². The number of carboxylic acids is 1. The third-order valence-electron chi connectivity index (χ3n) is 1.72. The number of carboxylic acid groups (broad SMARTS) is 1. The average molecular weight is 270 g/mol. The van der Waals surface area contributed by atoms with E-state index in [9.17, 15) is 13.2 Å². The van der Waals surface area contributed by atoms with Crippen molar-refractivity contribution < 1.29 is 32.0 Å². The third kappa shape index (κ3) is 10.2. The van der Waals surface area contributed by atoms with E-state index >= 15 is 0 Å². The molecule has 0 rings (SSSR count). The third-order valence-corrected chi connectivity index (χ3v) is 2.31. The van der Waals surface area contributed by atoms with Crippen LogP contribution in [0.4, 0.5) is 0 Å². The van der Waals surface area contributed by atoms with Crippen molar-refractivity contribution in [3.05, 3.63) is 0 Å². The fourth-order valence-corrected chi connectivity index (χ4v) is 1.33. The lowest BCUT2D eigenvalue weighted by atomic mass is 10.3. The Bertz CT molecular complexity index is 311. The van der Waals surface area contributed by atoms with E-state index in [4.69, 9.17) is 14.6 Å². The van der Waals surface area contributed by atoms with Crippen LogP contribution in [0.1, 0.15) is 13.3 Å². The molecule has 0 saturated carbocycles. The van der Waals surface area contributed by atoms with E-state index in [0.717, 1.165) is 6.26 Å². The van der Waals surface area contributed by atoms with Gasteiger partial charge in [-0.2, -0.15) is 8.42 Å². The zero-order chi connectivity index (χ0) is 13.3. The summed E-state index contributed by atoms with van der Waals surface area (Å²) in [6.07, 6.45) is 0.507. The smallest absolute Gasteiger partial charge is 0.332 e. The zero-order valence-electron chi connectivity index (χ0n) is 9.92. The minimum absolute atomic E-state index is 0.0605. The molecule has 102 valence electrons. The first-order valence-corrected chi connectivity index (χ1v) is 6.95. The summed E-state index contributed by atoms with van der Waals surface area (Å²) in [7, 11) is -3.43. The first kappa shape index (κ1) is 16.3. The predicted molar refractivity (Wildman–Crippen MR) is 59.3 cm³/mol. The molecule has 0 saturated heterocycles. The molecular formula is C9H18O7S. The molecule has 0 aliphatic carbocycles. The molecule has 0 aliphatic heterocycles. The molecule has 0 amide bonds. The van der Waals surface area contributed by atoms with Crippen molar-refractivity contribution in [2.45, 2.75) is 19.4 Å². The molecule has 0 aromatic heterocycles. The topological polar surface area (TPSA) is 99.1 Å². The Morgan fingerprint density at radius 3 is 2.29 bits per heavy atom. The number of ether oxygens (including phenoxy) is 2. The lowest BCUT2D eigenvalue weighted by molar-refractivity contribution is -0.151. The highest BCUT2D eigenvalue weighted by molar-refractivity contribution is 7.85. The molecule has 1 unspecified atom stereocenters. The van der Waals surface area contributed by atoms with Crippen molar-refractivity contribution >= 4 is 16.1 Å². The molecule has 0 aromatic carbocycles. The Kier molecular flexibility index (Phi) is 8.05. The molecule has 0 fully saturated rings. The summed E-state index contributed by atoms with van der Waals surface area (Å²) in [4.78, 5) is 10.6. The Morgan fingerprint density at radius 2 is 1.82 bits per heavy atom. The van der Waals surface area contributed by atoms with Crippen LogP contribution in [0.3, 0.4) is 0 Å². The molecule has 1 atom stereocenters. The monoisotopic (exact) mass is 270 g/mol. The summed E-state index contributed by atoms with van der Waals surface area (Å²) in [6, 6.07) is 0. The van der Waals surface area contributed by atoms with Gasteiger partial charge in [-0.1, -0.05) is 6.92 Å². The van der Waals surface area contributed by atoms with Gasteiger partial charge in [0.25, 0.3) is 10.1 Å². The van der Waals surface area contributed by atoms with E-state index < -0.39 is 22.2 Å². The highest BCUT2D eigenvalue weighted by Crippen LogP contribution is 1.97. The zero-order valence-corrected chi connectivity index (χ0v) is 10.7. The molecule has 1 N–H and O–H groups in total. The number of rotatable bonds is 10. The Hall–Kier alpha value is -0.700. The predicted octanol–water partition coefficient (Wildman–Crippen LogP) is -0.141. The van der Waals surface area contributed by atoms with Gasteiger partial charge in [-0.15, -0.1) is 0 Å². The molecule has 0 aliphatic rings. The minimum Gasteiger partial charge on any atom is -0.479 e. The lowest BCUT2D eigenvalue weighted by Crippen LogP contribution is -2.25. The molecule has 0 spiro atoms. The quantitative estimate of drug-likeness (QED) is 0.435. The van der Waals surface area contributed by atoms with Crippen LogP contribution in [0.25, 0.3) is 0 Å². The number of carbonyl (C=O) groups is 1. The van der Waals surface area contributed by atoms with Gasteiger partial charge < -0.3 is 14.6 Å². The van der Waals surface area contributed by atoms with Crippen molar-refractivity contribution in [1.29, 1.82) is 0 Å². The van der Waals surface area contributed by atoms with Crippen molar-refractivity contribution in [2.24, 2.45) is 0 Å². The van der Waals surface area contributed by atoms with E-state index in [2.05, 4.69) is 4.18 Å². The molecule has 8 heteroatoms. The summed E-state index contributed by atoms with van der Waals surface area (Å²) in [6.45, 7) is 2.09. The number of aliphatic carboxylic acids is 1. The second-order valence-electron chi connectivity index (χ2n) is 3.24. The first-order chi connectivity index (χ1) is 7.87. The van der Waals surface area contributed by atoms with Gasteiger partial charge in [0.2, 0.25) is 0 Å². The van der Waals surface area contributed by atoms with E-state index in [1.165, 1.54) is 0 Å². The summed E-state index contributed by atoms with van der Waals surface area (Å²) in [5.74, 6) is -1.01. The van der Waals surface area contributed by atoms with Crippen molar-refractivity contribution in [1.82, 2.24) is 0 Å². The fourth-order valence-electron chi connectivity index (χ4n) is 0.959. The average Bonchev–Trinajstić information content (AvgIpc) is 2.20. The summed E-state index contributed by atoms with van der Waals surface area (Å²) in [5.41, 5.74) is 0. The van der Waals surface area contributed by atoms with Gasteiger partial charge in [-0.05, 0) is 6.42 Å². The molecule has 0 bridgehead atoms. The van der Waals surface area contributed by atoms with Crippen LogP contribution in [0, 0.1) is 0 Å². The number of hydrogen-bond acceptors (Lipinski definition) is 6. The van der Waals surface area contributed by atoms with Crippen molar-refractivity contribution in [3.63, 3.8) is 0 Å².